The van der Waals surface area contributed by atoms with Crippen LogP contribution in [0.1, 0.15) is 26.6 Å². The summed E-state index contributed by atoms with van der Waals surface area (Å²) in [5.74, 6) is 1.41. The summed E-state index contributed by atoms with van der Waals surface area (Å²) in [6.45, 7) is 6.83. The highest BCUT2D eigenvalue weighted by Gasteiger charge is 2.11. The molecule has 0 aromatic carbocycles. The van der Waals surface area contributed by atoms with Crippen LogP contribution in [0.3, 0.4) is 0 Å². The van der Waals surface area contributed by atoms with E-state index in [1.807, 2.05) is 20.8 Å². The van der Waals surface area contributed by atoms with Gasteiger partial charge in [0.1, 0.15) is 18.2 Å². The quantitative estimate of drug-likeness (QED) is 0.758. The van der Waals surface area contributed by atoms with Crippen molar-refractivity contribution in [2.45, 2.75) is 33.4 Å². The fourth-order valence-electron chi connectivity index (χ4n) is 1.62. The number of carbonyl (C=O) groups excluding carboxylic acids is 1. The Balaban J connectivity index is 2.73. The first-order valence-corrected chi connectivity index (χ1v) is 6.64. The van der Waals surface area contributed by atoms with Gasteiger partial charge in [-0.25, -0.2) is 9.97 Å². The number of likely N-dealkylation sites (N-methyl/N-ethyl adjacent to an activating group) is 1. The van der Waals surface area contributed by atoms with Crippen molar-refractivity contribution in [2.75, 3.05) is 30.8 Å². The summed E-state index contributed by atoms with van der Waals surface area (Å²) in [5, 5.41) is 2.83. The molecule has 1 rings (SSSR count). The van der Waals surface area contributed by atoms with E-state index >= 15 is 0 Å². The Kier molecular flexibility index (Phi) is 6.17. The lowest BCUT2D eigenvalue weighted by atomic mass is 10.3. The van der Waals surface area contributed by atoms with E-state index < -0.39 is 0 Å². The van der Waals surface area contributed by atoms with E-state index in [1.165, 1.54) is 0 Å². The molecule has 20 heavy (non-hydrogen) atoms. The smallest absolute Gasteiger partial charge is 0.239 e. The van der Waals surface area contributed by atoms with Gasteiger partial charge in [0.2, 0.25) is 5.91 Å². The zero-order valence-corrected chi connectivity index (χ0v) is 12.5. The molecule has 0 aliphatic carbocycles. The van der Waals surface area contributed by atoms with Gasteiger partial charge in [-0.1, -0.05) is 0 Å². The van der Waals surface area contributed by atoms with Crippen LogP contribution in [-0.2, 0) is 16.1 Å². The largest absolute Gasteiger partial charge is 0.384 e. The number of aromatic nitrogens is 2. The van der Waals surface area contributed by atoms with Gasteiger partial charge in [0.15, 0.2) is 5.82 Å². The van der Waals surface area contributed by atoms with Crippen LogP contribution in [-0.4, -0.2) is 42.1 Å². The van der Waals surface area contributed by atoms with Crippen molar-refractivity contribution in [2.24, 2.45) is 0 Å². The lowest BCUT2D eigenvalue weighted by Gasteiger charge is -2.19. The third kappa shape index (κ3) is 5.40. The van der Waals surface area contributed by atoms with Crippen molar-refractivity contribution in [1.82, 2.24) is 15.3 Å². The number of nitrogens with zero attached hydrogens (tertiary/aromatic N) is 3. The van der Waals surface area contributed by atoms with Gasteiger partial charge in [0, 0.05) is 25.8 Å². The monoisotopic (exact) mass is 281 g/mol. The van der Waals surface area contributed by atoms with Crippen molar-refractivity contribution in [1.29, 1.82) is 0 Å². The number of rotatable bonds is 7. The van der Waals surface area contributed by atoms with Crippen molar-refractivity contribution in [3.05, 3.63) is 11.9 Å². The molecule has 0 saturated heterocycles. The van der Waals surface area contributed by atoms with Crippen LogP contribution in [0.5, 0.6) is 0 Å². The number of nitrogen functional groups attached to an aromatic ring is 1. The molecule has 1 aromatic rings. The minimum absolute atomic E-state index is 0.0639. The molecule has 112 valence electrons. The topological polar surface area (TPSA) is 93.4 Å². The lowest BCUT2D eigenvalue weighted by molar-refractivity contribution is -0.120. The minimum atomic E-state index is -0.0639. The Labute approximate surface area is 119 Å². The second kappa shape index (κ2) is 7.64. The van der Waals surface area contributed by atoms with Crippen LogP contribution in [0.25, 0.3) is 0 Å². The average Bonchev–Trinajstić information content (AvgIpc) is 2.34. The Bertz CT molecular complexity index is 450. The number of ether oxygens (including phenoxy) is 1. The fraction of sp³-hybridized carbons (Fsp3) is 0.615. The van der Waals surface area contributed by atoms with Crippen LogP contribution in [0, 0.1) is 0 Å². The van der Waals surface area contributed by atoms with Crippen LogP contribution in [0.4, 0.5) is 11.6 Å². The van der Waals surface area contributed by atoms with Gasteiger partial charge in [0.05, 0.1) is 6.54 Å². The second-order valence-electron chi connectivity index (χ2n) is 4.78. The first-order valence-electron chi connectivity index (χ1n) is 6.64. The number of amides is 1. The molecule has 3 N–H and O–H groups in total. The molecule has 7 heteroatoms. The van der Waals surface area contributed by atoms with Crippen LogP contribution >= 0.6 is 0 Å². The minimum Gasteiger partial charge on any atom is -0.384 e. The molecular weight excluding hydrogens is 258 g/mol. The van der Waals surface area contributed by atoms with E-state index in [4.69, 9.17) is 10.5 Å². The van der Waals surface area contributed by atoms with Crippen molar-refractivity contribution in [3.8, 4) is 0 Å². The van der Waals surface area contributed by atoms with Gasteiger partial charge in [-0.15, -0.1) is 0 Å². The molecule has 1 amide bonds. The van der Waals surface area contributed by atoms with Crippen molar-refractivity contribution < 1.29 is 9.53 Å². The predicted octanol–water partition coefficient (Wildman–Crippen LogP) is 0.556. The first-order chi connectivity index (χ1) is 9.42. The van der Waals surface area contributed by atoms with E-state index in [0.29, 0.717) is 30.7 Å². The Hall–Kier alpha value is -1.89. The van der Waals surface area contributed by atoms with Crippen LogP contribution in [0.15, 0.2) is 6.07 Å². The molecule has 0 saturated carbocycles. The molecule has 0 unspecified atom stereocenters. The number of hydrogen-bond donors (Lipinski definition) is 2. The summed E-state index contributed by atoms with van der Waals surface area (Å²) in [6, 6.07) is 1.75. The van der Waals surface area contributed by atoms with Crippen LogP contribution in [0.2, 0.25) is 0 Å². The summed E-state index contributed by atoms with van der Waals surface area (Å²) in [7, 11) is 1.78. The zero-order valence-electron chi connectivity index (χ0n) is 12.5. The van der Waals surface area contributed by atoms with Crippen LogP contribution < -0.4 is 16.0 Å². The summed E-state index contributed by atoms with van der Waals surface area (Å²) >= 11 is 0. The van der Waals surface area contributed by atoms with E-state index in [2.05, 4.69) is 15.3 Å². The average molecular weight is 281 g/mol. The molecule has 0 aliphatic rings. The molecule has 0 aliphatic heterocycles. The maximum absolute atomic E-state index is 11.7. The van der Waals surface area contributed by atoms with Gasteiger partial charge in [-0.2, -0.15) is 0 Å². The molecule has 0 radical (unpaired) electrons. The lowest BCUT2D eigenvalue weighted by Crippen LogP contribution is -2.39. The number of carbonyl (C=O) groups is 1. The van der Waals surface area contributed by atoms with E-state index in [0.717, 1.165) is 0 Å². The second-order valence-corrected chi connectivity index (χ2v) is 4.78. The van der Waals surface area contributed by atoms with Gasteiger partial charge in [-0.05, 0) is 20.8 Å². The Morgan fingerprint density at radius 3 is 2.80 bits per heavy atom. The maximum Gasteiger partial charge on any atom is 0.239 e. The number of nitrogens with one attached hydrogen (secondary N) is 1. The van der Waals surface area contributed by atoms with Gasteiger partial charge in [0.25, 0.3) is 0 Å². The molecule has 7 nitrogen and oxygen atoms in total. The SMILES string of the molecule is CCOCc1nc(N)cc(N(C)CC(=O)NC(C)C)n1. The fourth-order valence-corrected chi connectivity index (χ4v) is 1.62. The molecule has 0 fully saturated rings. The highest BCUT2D eigenvalue weighted by molar-refractivity contribution is 5.81. The number of nitrogens with two attached hydrogens (primary N) is 1. The normalized spacial score (nSPS) is 10.7. The molecular formula is C13H23N5O2. The first kappa shape index (κ1) is 16.2. The third-order valence-corrected chi connectivity index (χ3v) is 2.44. The van der Waals surface area contributed by atoms with Crippen molar-refractivity contribution in [3.63, 3.8) is 0 Å². The van der Waals surface area contributed by atoms with Gasteiger partial charge < -0.3 is 20.7 Å². The third-order valence-electron chi connectivity index (χ3n) is 2.44. The molecule has 0 bridgehead atoms. The number of hydrogen-bond acceptors (Lipinski definition) is 6. The Morgan fingerprint density at radius 2 is 2.20 bits per heavy atom. The molecule has 1 aromatic heterocycles. The predicted molar refractivity (Wildman–Crippen MR) is 78.3 cm³/mol. The molecule has 0 spiro atoms. The van der Waals surface area contributed by atoms with E-state index in [-0.39, 0.29) is 18.5 Å². The molecule has 0 atom stereocenters. The maximum atomic E-state index is 11.7. The van der Waals surface area contributed by atoms with E-state index in [9.17, 15) is 4.79 Å². The summed E-state index contributed by atoms with van der Waals surface area (Å²) < 4.78 is 5.26. The Morgan fingerprint density at radius 1 is 1.50 bits per heavy atom. The summed E-state index contributed by atoms with van der Waals surface area (Å²) in [4.78, 5) is 21.9. The molecule has 1 heterocycles. The summed E-state index contributed by atoms with van der Waals surface area (Å²) in [5.41, 5.74) is 5.75. The van der Waals surface area contributed by atoms with Gasteiger partial charge in [-0.3, -0.25) is 4.79 Å². The van der Waals surface area contributed by atoms with Crippen molar-refractivity contribution >= 4 is 17.5 Å². The summed E-state index contributed by atoms with van der Waals surface area (Å²) in [6.07, 6.45) is 0. The number of anilines is 2. The standard InChI is InChI=1S/C13H23N5O2/c1-5-20-8-11-16-10(14)6-12(17-11)18(4)7-13(19)15-9(2)3/h6,9H,5,7-8H2,1-4H3,(H,15,19)(H2,14,16,17). The van der Waals surface area contributed by atoms with E-state index in [1.54, 1.807) is 18.0 Å². The zero-order chi connectivity index (χ0) is 15.1. The van der Waals surface area contributed by atoms with Gasteiger partial charge >= 0.3 is 0 Å². The highest BCUT2D eigenvalue weighted by Crippen LogP contribution is 2.13. The highest BCUT2D eigenvalue weighted by atomic mass is 16.5.